The van der Waals surface area contributed by atoms with Gasteiger partial charge in [0.2, 0.25) is 0 Å². The van der Waals surface area contributed by atoms with E-state index in [0.717, 1.165) is 44.9 Å². The second kappa shape index (κ2) is 11.2. The molecule has 0 heterocycles. The first-order chi connectivity index (χ1) is 9.93. The van der Waals surface area contributed by atoms with Gasteiger partial charge in [-0.3, -0.25) is 0 Å². The molecule has 2 nitrogen and oxygen atoms in total. The molecule has 0 spiro atoms. The van der Waals surface area contributed by atoms with Gasteiger partial charge in [0.25, 0.3) is 0 Å². The van der Waals surface area contributed by atoms with Gasteiger partial charge in [0, 0.05) is 11.3 Å². The summed E-state index contributed by atoms with van der Waals surface area (Å²) in [7, 11) is 1.37. The summed E-state index contributed by atoms with van der Waals surface area (Å²) in [4.78, 5) is 11.2. The van der Waals surface area contributed by atoms with Crippen molar-refractivity contribution in [3.8, 4) is 11.8 Å². The molecule has 0 rings (SSSR count). The molecule has 0 saturated carbocycles. The number of unbranched alkanes of at least 4 members (excludes halogenated alkanes) is 3. The van der Waals surface area contributed by atoms with E-state index in [2.05, 4.69) is 50.0 Å². The number of ether oxygens (including phenoxy) is 1. The van der Waals surface area contributed by atoms with Gasteiger partial charge in [0.05, 0.1) is 7.11 Å². The van der Waals surface area contributed by atoms with Crippen molar-refractivity contribution in [3.63, 3.8) is 0 Å². The summed E-state index contributed by atoms with van der Waals surface area (Å²) in [6.07, 6.45) is 11.7. The number of esters is 1. The maximum atomic E-state index is 11.2. The fourth-order valence-corrected chi connectivity index (χ4v) is 2.19. The summed E-state index contributed by atoms with van der Waals surface area (Å²) in [5.41, 5.74) is 1.24. The smallest absolute Gasteiger partial charge is 0.384 e. The maximum Gasteiger partial charge on any atom is 0.384 e. The van der Waals surface area contributed by atoms with E-state index < -0.39 is 5.97 Å². The molecule has 0 aromatic carbocycles. The van der Waals surface area contributed by atoms with Crippen LogP contribution in [0.15, 0.2) is 24.3 Å². The van der Waals surface area contributed by atoms with Crippen LogP contribution in [0.5, 0.6) is 0 Å². The molecule has 0 amide bonds. The molecular weight excluding hydrogens is 260 g/mol. The third kappa shape index (κ3) is 10.9. The number of hydrogen-bond acceptors (Lipinski definition) is 2. The average molecular weight is 290 g/mol. The zero-order chi connectivity index (χ0) is 16.1. The molecule has 0 bridgehead atoms. The highest BCUT2D eigenvalue weighted by atomic mass is 16.5. The van der Waals surface area contributed by atoms with E-state index >= 15 is 0 Å². The minimum atomic E-state index is -0.448. The van der Waals surface area contributed by atoms with E-state index in [1.54, 1.807) is 0 Å². The second-order valence-electron chi connectivity index (χ2n) is 6.01. The molecule has 0 N–H and O–H groups in total. The minimum Gasteiger partial charge on any atom is -0.459 e. The van der Waals surface area contributed by atoms with Gasteiger partial charge in [-0.1, -0.05) is 30.1 Å². The van der Waals surface area contributed by atoms with E-state index in [1.165, 1.54) is 12.7 Å². The quantitative estimate of drug-likeness (QED) is 0.195. The molecule has 21 heavy (non-hydrogen) atoms. The third-order valence-electron chi connectivity index (χ3n) is 3.52. The van der Waals surface area contributed by atoms with E-state index in [-0.39, 0.29) is 5.41 Å². The fourth-order valence-electron chi connectivity index (χ4n) is 2.19. The Hall–Kier alpha value is -1.49. The second-order valence-corrected chi connectivity index (χ2v) is 6.01. The topological polar surface area (TPSA) is 26.3 Å². The normalized spacial score (nSPS) is 12.6. The molecule has 0 saturated heterocycles. The van der Waals surface area contributed by atoms with Crippen LogP contribution in [-0.4, -0.2) is 13.1 Å². The van der Waals surface area contributed by atoms with Crippen LogP contribution in [0.3, 0.4) is 0 Å². The Morgan fingerprint density at radius 1 is 1.19 bits per heavy atom. The highest BCUT2D eigenvalue weighted by Gasteiger charge is 2.20. The zero-order valence-electron chi connectivity index (χ0n) is 14.1. The lowest BCUT2D eigenvalue weighted by Gasteiger charge is -2.23. The molecule has 118 valence electrons. The van der Waals surface area contributed by atoms with Crippen LogP contribution >= 0.6 is 0 Å². The standard InChI is InChI=1S/C19H30O2/c1-6-7-8-10-14-19(4,16-13-18(20)21-5)15-11-9-12-17(2)3/h6,12H,1,7-11,14-15H2,2-5H3. The lowest BCUT2D eigenvalue weighted by molar-refractivity contribution is -0.133. The fraction of sp³-hybridized carbons (Fsp3) is 0.632. The molecule has 0 aromatic heterocycles. The summed E-state index contributed by atoms with van der Waals surface area (Å²) >= 11 is 0. The molecule has 0 aromatic rings. The van der Waals surface area contributed by atoms with E-state index in [4.69, 9.17) is 0 Å². The molecule has 0 fully saturated rings. The molecule has 2 heteroatoms. The Bertz CT molecular complexity index is 405. The lowest BCUT2D eigenvalue weighted by atomic mass is 9.80. The molecule has 1 atom stereocenters. The highest BCUT2D eigenvalue weighted by molar-refractivity contribution is 5.88. The first kappa shape index (κ1) is 19.5. The van der Waals surface area contributed by atoms with Crippen molar-refractivity contribution in [3.05, 3.63) is 24.3 Å². The Morgan fingerprint density at radius 2 is 1.86 bits per heavy atom. The number of allylic oxidation sites excluding steroid dienone is 3. The summed E-state index contributed by atoms with van der Waals surface area (Å²) in [6.45, 7) is 10.1. The van der Waals surface area contributed by atoms with Crippen LogP contribution in [0, 0.1) is 17.3 Å². The number of hydrogen-bond donors (Lipinski definition) is 0. The van der Waals surface area contributed by atoms with Crippen LogP contribution in [-0.2, 0) is 9.53 Å². The van der Waals surface area contributed by atoms with Crippen LogP contribution in [0.2, 0.25) is 0 Å². The van der Waals surface area contributed by atoms with Crippen molar-refractivity contribution in [2.75, 3.05) is 7.11 Å². The minimum absolute atomic E-state index is 0.106. The molecular formula is C19H30O2. The van der Waals surface area contributed by atoms with Gasteiger partial charge < -0.3 is 4.74 Å². The third-order valence-corrected chi connectivity index (χ3v) is 3.52. The SMILES string of the molecule is C=CCCCCC(C)(C#CC(=O)OC)CCCC=C(C)C. The van der Waals surface area contributed by atoms with Crippen molar-refractivity contribution in [2.45, 2.75) is 65.7 Å². The zero-order valence-corrected chi connectivity index (χ0v) is 14.1. The van der Waals surface area contributed by atoms with E-state index in [9.17, 15) is 4.79 Å². The monoisotopic (exact) mass is 290 g/mol. The molecule has 0 aliphatic heterocycles. The van der Waals surface area contributed by atoms with Crippen LogP contribution in [0.25, 0.3) is 0 Å². The van der Waals surface area contributed by atoms with Crippen molar-refractivity contribution in [1.82, 2.24) is 0 Å². The summed E-state index contributed by atoms with van der Waals surface area (Å²) in [6, 6.07) is 0. The molecule has 0 radical (unpaired) electrons. The van der Waals surface area contributed by atoms with Crippen molar-refractivity contribution < 1.29 is 9.53 Å². The van der Waals surface area contributed by atoms with Crippen molar-refractivity contribution in [1.29, 1.82) is 0 Å². The first-order valence-corrected chi connectivity index (χ1v) is 7.79. The largest absolute Gasteiger partial charge is 0.459 e. The predicted octanol–water partition coefficient (Wildman–Crippen LogP) is 5.05. The van der Waals surface area contributed by atoms with Gasteiger partial charge in [0.15, 0.2) is 0 Å². The average Bonchev–Trinajstić information content (AvgIpc) is 2.46. The highest BCUT2D eigenvalue weighted by Crippen LogP contribution is 2.30. The van der Waals surface area contributed by atoms with Crippen LogP contribution < -0.4 is 0 Å². The van der Waals surface area contributed by atoms with Gasteiger partial charge in [0.1, 0.15) is 0 Å². The van der Waals surface area contributed by atoms with Crippen molar-refractivity contribution in [2.24, 2.45) is 5.41 Å². The van der Waals surface area contributed by atoms with Gasteiger partial charge in [-0.15, -0.1) is 6.58 Å². The Balaban J connectivity index is 4.56. The van der Waals surface area contributed by atoms with Gasteiger partial charge in [-0.25, -0.2) is 4.79 Å². The molecule has 0 aliphatic rings. The van der Waals surface area contributed by atoms with Crippen LogP contribution in [0.1, 0.15) is 65.7 Å². The Labute approximate surface area is 130 Å². The lowest BCUT2D eigenvalue weighted by Crippen LogP contribution is -2.15. The number of carbonyl (C=O) groups is 1. The summed E-state index contributed by atoms with van der Waals surface area (Å²) < 4.78 is 4.61. The van der Waals surface area contributed by atoms with E-state index in [0.29, 0.717) is 0 Å². The Kier molecular flexibility index (Phi) is 10.4. The van der Waals surface area contributed by atoms with Gasteiger partial charge in [-0.2, -0.15) is 0 Å². The molecule has 0 aliphatic carbocycles. The number of methoxy groups -OCH3 is 1. The maximum absolute atomic E-state index is 11.2. The van der Waals surface area contributed by atoms with Crippen LogP contribution in [0.4, 0.5) is 0 Å². The predicted molar refractivity (Wildman–Crippen MR) is 89.8 cm³/mol. The summed E-state index contributed by atoms with van der Waals surface area (Å²) in [5.74, 6) is 5.31. The number of carbonyl (C=O) groups excluding carboxylic acids is 1. The Morgan fingerprint density at radius 3 is 2.43 bits per heavy atom. The van der Waals surface area contributed by atoms with Crippen molar-refractivity contribution >= 4 is 5.97 Å². The molecule has 1 unspecified atom stereocenters. The van der Waals surface area contributed by atoms with E-state index in [1.807, 2.05) is 6.08 Å². The summed E-state index contributed by atoms with van der Waals surface area (Å²) in [5, 5.41) is 0. The first-order valence-electron chi connectivity index (χ1n) is 7.79. The number of rotatable bonds is 9. The van der Waals surface area contributed by atoms with Gasteiger partial charge >= 0.3 is 5.97 Å². The van der Waals surface area contributed by atoms with Gasteiger partial charge in [-0.05, 0) is 59.3 Å².